The molecule has 0 N–H and O–H groups in total. The summed E-state index contributed by atoms with van der Waals surface area (Å²) in [7, 11) is 0. The molecule has 9 aromatic carbocycles. The monoisotopic (exact) mass is 793 g/mol. The number of hydrogen-bond acceptors (Lipinski definition) is 3. The van der Waals surface area contributed by atoms with Crippen molar-refractivity contribution in [2.45, 2.75) is 13.8 Å². The van der Waals surface area contributed by atoms with Crippen LogP contribution >= 0.6 is 0 Å². The normalized spacial score (nSPS) is 11.4. The SMILES string of the molecule is C.c1ccc(-c2ccc(-c3nc(-c4ccccc4)nc(-c4cc(-c5ccccc5)cc(-c5cccc6c5Cc5c(-c7ccc(-c8ccccc8)cc7)cccc5-6)c4)n3)cc2)cc1. The second-order valence-corrected chi connectivity index (χ2v) is 15.6. The lowest BCUT2D eigenvalue weighted by Gasteiger charge is -2.14. The third-order valence-electron chi connectivity index (χ3n) is 11.8. The van der Waals surface area contributed by atoms with Gasteiger partial charge in [0.05, 0.1) is 0 Å². The van der Waals surface area contributed by atoms with Gasteiger partial charge in [-0.25, -0.2) is 15.0 Å². The third-order valence-corrected chi connectivity index (χ3v) is 11.8. The smallest absolute Gasteiger partial charge is 0.164 e. The summed E-state index contributed by atoms with van der Waals surface area (Å²) in [6.45, 7) is 0. The van der Waals surface area contributed by atoms with Gasteiger partial charge < -0.3 is 0 Å². The Labute approximate surface area is 363 Å². The lowest BCUT2D eigenvalue weighted by Crippen LogP contribution is -2.01. The highest BCUT2D eigenvalue weighted by Gasteiger charge is 2.25. The largest absolute Gasteiger partial charge is 0.208 e. The topological polar surface area (TPSA) is 38.7 Å². The molecule has 11 rings (SSSR count). The summed E-state index contributed by atoms with van der Waals surface area (Å²) in [6.07, 6.45) is 0.843. The highest BCUT2D eigenvalue weighted by molar-refractivity contribution is 5.91. The molecule has 1 aromatic heterocycles. The average Bonchev–Trinajstić information content (AvgIpc) is 3.74. The van der Waals surface area contributed by atoms with Crippen molar-refractivity contribution in [2.75, 3.05) is 0 Å². The van der Waals surface area contributed by atoms with E-state index in [1.54, 1.807) is 0 Å². The first-order valence-electron chi connectivity index (χ1n) is 20.8. The predicted octanol–water partition coefficient (Wildman–Crippen LogP) is 15.4. The zero-order valence-corrected chi connectivity index (χ0v) is 33.4. The summed E-state index contributed by atoms with van der Waals surface area (Å²) in [5.74, 6) is 1.91. The van der Waals surface area contributed by atoms with Crippen molar-refractivity contribution in [1.82, 2.24) is 15.0 Å². The molecule has 294 valence electrons. The Kier molecular flexibility index (Phi) is 10.2. The van der Waals surface area contributed by atoms with Gasteiger partial charge in [-0.1, -0.05) is 214 Å². The second-order valence-electron chi connectivity index (χ2n) is 15.6. The van der Waals surface area contributed by atoms with Crippen LogP contribution < -0.4 is 0 Å². The Morgan fingerprint density at radius 1 is 0.226 bits per heavy atom. The molecule has 0 amide bonds. The van der Waals surface area contributed by atoms with Gasteiger partial charge in [0.2, 0.25) is 0 Å². The predicted molar refractivity (Wildman–Crippen MR) is 258 cm³/mol. The lowest BCUT2D eigenvalue weighted by molar-refractivity contribution is 1.07. The van der Waals surface area contributed by atoms with E-state index in [-0.39, 0.29) is 7.43 Å². The van der Waals surface area contributed by atoms with Crippen LogP contribution in [0.5, 0.6) is 0 Å². The molecule has 1 heterocycles. The van der Waals surface area contributed by atoms with E-state index < -0.39 is 0 Å². The van der Waals surface area contributed by atoms with Gasteiger partial charge >= 0.3 is 0 Å². The number of nitrogens with zero attached hydrogens (tertiary/aromatic N) is 3. The Morgan fingerprint density at radius 3 is 1.02 bits per heavy atom. The maximum absolute atomic E-state index is 5.22. The summed E-state index contributed by atoms with van der Waals surface area (Å²) >= 11 is 0. The molecule has 0 saturated heterocycles. The molecular weight excluding hydrogens is 751 g/mol. The van der Waals surface area contributed by atoms with Crippen molar-refractivity contribution in [3.8, 4) is 101 Å². The van der Waals surface area contributed by atoms with Gasteiger partial charge in [-0.2, -0.15) is 0 Å². The van der Waals surface area contributed by atoms with E-state index >= 15 is 0 Å². The van der Waals surface area contributed by atoms with Gasteiger partial charge in [-0.05, 0) is 103 Å². The molecule has 3 heteroatoms. The van der Waals surface area contributed by atoms with Crippen molar-refractivity contribution in [1.29, 1.82) is 0 Å². The third kappa shape index (κ3) is 7.31. The van der Waals surface area contributed by atoms with E-state index in [0.29, 0.717) is 17.5 Å². The molecule has 10 aromatic rings. The summed E-state index contributed by atoms with van der Waals surface area (Å²) < 4.78 is 0. The Balaban J connectivity index is 0.00000458. The van der Waals surface area contributed by atoms with Gasteiger partial charge in [0, 0.05) is 16.7 Å². The highest BCUT2D eigenvalue weighted by atomic mass is 15.0. The summed E-state index contributed by atoms with van der Waals surface area (Å²) in [5, 5.41) is 0. The van der Waals surface area contributed by atoms with E-state index in [2.05, 4.69) is 200 Å². The van der Waals surface area contributed by atoms with Crippen LogP contribution in [0.25, 0.3) is 101 Å². The van der Waals surface area contributed by atoms with Crippen LogP contribution in [0.1, 0.15) is 18.6 Å². The van der Waals surface area contributed by atoms with Crippen molar-refractivity contribution >= 4 is 0 Å². The van der Waals surface area contributed by atoms with E-state index in [1.165, 1.54) is 55.6 Å². The molecule has 1 aliphatic rings. The average molecular weight is 794 g/mol. The fraction of sp³-hybridized carbons (Fsp3) is 0.0339. The molecule has 0 spiro atoms. The van der Waals surface area contributed by atoms with Crippen molar-refractivity contribution < 1.29 is 0 Å². The number of hydrogen-bond donors (Lipinski definition) is 0. The van der Waals surface area contributed by atoms with Gasteiger partial charge in [0.15, 0.2) is 17.5 Å². The number of benzene rings is 9. The van der Waals surface area contributed by atoms with E-state index in [4.69, 9.17) is 15.0 Å². The van der Waals surface area contributed by atoms with Gasteiger partial charge in [0.25, 0.3) is 0 Å². The molecule has 0 fully saturated rings. The standard InChI is InChI=1S/C58H39N3.CH4/c1-5-15-39(16-6-1)42-27-31-44(32-28-42)50-23-13-25-52-53-26-14-24-51(55(53)38-54(50)52)48-35-47(41-19-9-3-10-20-41)36-49(37-48)58-60-56(45-21-11-4-12-22-45)59-57(61-58)46-33-29-43(30-34-46)40-17-7-2-8-18-40;/h1-37H,38H2;1H4. The molecule has 62 heavy (non-hydrogen) atoms. The van der Waals surface area contributed by atoms with Crippen molar-refractivity contribution in [2.24, 2.45) is 0 Å². The van der Waals surface area contributed by atoms with Gasteiger partial charge in [-0.15, -0.1) is 0 Å². The van der Waals surface area contributed by atoms with Crippen LogP contribution in [0.2, 0.25) is 0 Å². The summed E-state index contributed by atoms with van der Waals surface area (Å²) in [6, 6.07) is 79.6. The Bertz CT molecular complexity index is 3160. The first kappa shape index (κ1) is 38.2. The second kappa shape index (κ2) is 16.6. The molecule has 0 atom stereocenters. The quantitative estimate of drug-likeness (QED) is 0.154. The molecule has 0 aliphatic heterocycles. The molecule has 0 radical (unpaired) electrons. The zero-order valence-electron chi connectivity index (χ0n) is 33.4. The minimum atomic E-state index is 0. The van der Waals surface area contributed by atoms with Gasteiger partial charge in [0.1, 0.15) is 0 Å². The van der Waals surface area contributed by atoms with Crippen LogP contribution in [-0.2, 0) is 6.42 Å². The fourth-order valence-electron chi connectivity index (χ4n) is 8.75. The van der Waals surface area contributed by atoms with Crippen LogP contribution in [0.4, 0.5) is 0 Å². The van der Waals surface area contributed by atoms with Crippen LogP contribution in [0, 0.1) is 0 Å². The van der Waals surface area contributed by atoms with E-state index in [1.807, 2.05) is 24.3 Å². The maximum Gasteiger partial charge on any atom is 0.164 e. The molecule has 1 aliphatic carbocycles. The zero-order chi connectivity index (χ0) is 40.5. The number of rotatable bonds is 8. The van der Waals surface area contributed by atoms with E-state index in [0.717, 1.165) is 45.4 Å². The maximum atomic E-state index is 5.22. The Morgan fingerprint density at radius 2 is 0.532 bits per heavy atom. The minimum absolute atomic E-state index is 0. The number of fused-ring (bicyclic) bond motifs is 3. The highest BCUT2D eigenvalue weighted by Crippen LogP contribution is 2.46. The summed E-state index contributed by atoms with van der Waals surface area (Å²) in [4.78, 5) is 15.5. The van der Waals surface area contributed by atoms with Crippen LogP contribution in [0.3, 0.4) is 0 Å². The lowest BCUT2D eigenvalue weighted by atomic mass is 9.91. The van der Waals surface area contributed by atoms with Crippen LogP contribution in [-0.4, -0.2) is 15.0 Å². The molecule has 0 unspecified atom stereocenters. The van der Waals surface area contributed by atoms with Gasteiger partial charge in [-0.3, -0.25) is 0 Å². The first-order valence-corrected chi connectivity index (χ1v) is 20.8. The van der Waals surface area contributed by atoms with Crippen molar-refractivity contribution in [3.63, 3.8) is 0 Å². The van der Waals surface area contributed by atoms with Crippen LogP contribution in [0.15, 0.2) is 224 Å². The Hall–Kier alpha value is -8.01. The number of aromatic nitrogens is 3. The molecular formula is C59H43N3. The van der Waals surface area contributed by atoms with Crippen molar-refractivity contribution in [3.05, 3.63) is 236 Å². The summed E-state index contributed by atoms with van der Waals surface area (Å²) in [5.41, 5.74) is 20.0. The minimum Gasteiger partial charge on any atom is -0.208 e. The molecule has 3 nitrogen and oxygen atoms in total. The molecule has 0 bridgehead atoms. The first-order chi connectivity index (χ1) is 30.2. The molecule has 0 saturated carbocycles. The fourth-order valence-corrected chi connectivity index (χ4v) is 8.75. The van der Waals surface area contributed by atoms with E-state index in [9.17, 15) is 0 Å².